The number of hydrogen-bond acceptors (Lipinski definition) is 6. The Labute approximate surface area is 611 Å². The second-order valence-corrected chi connectivity index (χ2v) is 28.0. The van der Waals surface area contributed by atoms with Crippen molar-refractivity contribution in [3.05, 3.63) is 385 Å². The predicted octanol–water partition coefficient (Wildman–Crippen LogP) is 29.8. The molecule has 8 heteroatoms. The first kappa shape index (κ1) is 66.2. The second-order valence-electron chi connectivity index (χ2n) is 24.0. The van der Waals surface area contributed by atoms with Crippen LogP contribution < -0.4 is 19.6 Å². The Morgan fingerprint density at radius 1 is 0.170 bits per heavy atom. The smallest absolute Gasteiger partial charge is 0.0493 e. The van der Waals surface area contributed by atoms with Crippen LogP contribution in [-0.4, -0.2) is 0 Å². The predicted molar refractivity (Wildman–Crippen MR) is 443 cm³/mol. The zero-order valence-electron chi connectivity index (χ0n) is 53.2. The maximum absolute atomic E-state index is 3.96. The van der Waals surface area contributed by atoms with E-state index < -0.39 is 0 Å². The van der Waals surface area contributed by atoms with E-state index in [1.54, 1.807) is 0 Å². The molecule has 484 valence electrons. The summed E-state index contributed by atoms with van der Waals surface area (Å²) in [6.07, 6.45) is 0. The van der Waals surface area contributed by atoms with Crippen molar-refractivity contribution in [2.45, 2.75) is 14.9 Å². The SMILES string of the molecule is Brc1cc(N(c2ccccc2)c2ccc3c(c2)sc2ccccc23)cc(N(c2ccc(-c3ccccc3)cc2)c2ccc3c(c2)sc2ccccc23)c1.Brc1cc(N(c2ccccc2)c2cccc(-c3ccccc3)c2)cc(N(c2ccccc2)c2cccc(-c3ccccc3)c2)c1.C.C. The molecule has 0 bridgehead atoms. The van der Waals surface area contributed by atoms with Crippen molar-refractivity contribution in [2.75, 3.05) is 19.6 Å². The summed E-state index contributed by atoms with van der Waals surface area (Å²) in [6.45, 7) is 0. The zero-order valence-corrected chi connectivity index (χ0v) is 58.0. The highest BCUT2D eigenvalue weighted by atomic mass is 79.9. The lowest BCUT2D eigenvalue weighted by atomic mass is 10.0. The number of hydrogen-bond donors (Lipinski definition) is 0. The Balaban J connectivity index is 0.000000169. The van der Waals surface area contributed by atoms with E-state index in [0.29, 0.717) is 0 Å². The number of rotatable bonds is 15. The number of nitrogens with zero attached hydrogens (tertiary/aromatic N) is 4. The Morgan fingerprint density at radius 2 is 0.420 bits per heavy atom. The summed E-state index contributed by atoms with van der Waals surface area (Å²) >= 11 is 11.5. The van der Waals surface area contributed by atoms with Crippen molar-refractivity contribution < 1.29 is 0 Å². The Morgan fingerprint density at radius 3 is 0.780 bits per heavy atom. The van der Waals surface area contributed by atoms with Gasteiger partial charge in [-0.2, -0.15) is 0 Å². The number of para-hydroxylation sites is 3. The van der Waals surface area contributed by atoms with Crippen molar-refractivity contribution in [1.82, 2.24) is 0 Å². The van der Waals surface area contributed by atoms with E-state index in [1.807, 2.05) is 22.7 Å². The van der Waals surface area contributed by atoms with Gasteiger partial charge < -0.3 is 19.6 Å². The van der Waals surface area contributed by atoms with Gasteiger partial charge in [0.15, 0.2) is 0 Å². The van der Waals surface area contributed by atoms with Crippen LogP contribution in [0.2, 0.25) is 0 Å². The molecule has 0 saturated heterocycles. The zero-order chi connectivity index (χ0) is 65.7. The molecule has 0 atom stereocenters. The van der Waals surface area contributed by atoms with Crippen LogP contribution in [0.4, 0.5) is 68.2 Å². The van der Waals surface area contributed by atoms with Gasteiger partial charge in [-0.05, 0) is 179 Å². The lowest BCUT2D eigenvalue weighted by molar-refractivity contribution is 1.24. The minimum absolute atomic E-state index is 0. The molecule has 0 aliphatic heterocycles. The van der Waals surface area contributed by atoms with Gasteiger partial charge in [-0.3, -0.25) is 0 Å². The van der Waals surface area contributed by atoms with Crippen molar-refractivity contribution in [3.63, 3.8) is 0 Å². The molecule has 0 saturated carbocycles. The number of halogens is 2. The van der Waals surface area contributed by atoms with E-state index in [1.165, 1.54) is 73.7 Å². The molecule has 100 heavy (non-hydrogen) atoms. The van der Waals surface area contributed by atoms with Crippen LogP contribution in [0, 0.1) is 0 Å². The van der Waals surface area contributed by atoms with Gasteiger partial charge in [-0.25, -0.2) is 0 Å². The number of benzene rings is 15. The molecule has 17 rings (SSSR count). The maximum atomic E-state index is 3.96. The summed E-state index contributed by atoms with van der Waals surface area (Å²) in [5.74, 6) is 0. The largest absolute Gasteiger partial charge is 0.310 e. The van der Waals surface area contributed by atoms with Gasteiger partial charge in [-0.15, -0.1) is 22.7 Å². The normalized spacial score (nSPS) is 10.9. The Bertz CT molecular complexity index is 5470. The Hall–Kier alpha value is -11.1. The van der Waals surface area contributed by atoms with Crippen LogP contribution in [0.5, 0.6) is 0 Å². The van der Waals surface area contributed by atoms with Crippen LogP contribution in [0.1, 0.15) is 14.9 Å². The highest BCUT2D eigenvalue weighted by Crippen LogP contribution is 2.48. The minimum Gasteiger partial charge on any atom is -0.310 e. The molecule has 0 fully saturated rings. The molecule has 4 nitrogen and oxygen atoms in total. The topological polar surface area (TPSA) is 13.0 Å². The molecule has 0 N–H and O–H groups in total. The van der Waals surface area contributed by atoms with Gasteiger partial charge >= 0.3 is 0 Å². The summed E-state index contributed by atoms with van der Waals surface area (Å²) in [5, 5.41) is 5.19. The van der Waals surface area contributed by atoms with Gasteiger partial charge in [0.1, 0.15) is 0 Å². The molecule has 0 aliphatic rings. The molecule has 2 aromatic heterocycles. The average molecular weight is 1460 g/mol. The minimum atomic E-state index is 0. The van der Waals surface area contributed by atoms with E-state index in [9.17, 15) is 0 Å². The van der Waals surface area contributed by atoms with E-state index in [2.05, 4.69) is 428 Å². The molecule has 0 spiro atoms. The quantitative estimate of drug-likeness (QED) is 0.101. The summed E-state index contributed by atoms with van der Waals surface area (Å²) < 4.78 is 7.15. The van der Waals surface area contributed by atoms with E-state index in [4.69, 9.17) is 0 Å². The second kappa shape index (κ2) is 29.9. The molecule has 15 aromatic carbocycles. The average Bonchev–Trinajstić information content (AvgIpc) is 1.20. The van der Waals surface area contributed by atoms with Crippen LogP contribution in [0.3, 0.4) is 0 Å². The first-order chi connectivity index (χ1) is 48.4. The lowest BCUT2D eigenvalue weighted by Gasteiger charge is -2.30. The van der Waals surface area contributed by atoms with Gasteiger partial charge in [0.25, 0.3) is 0 Å². The van der Waals surface area contributed by atoms with Gasteiger partial charge in [-0.1, -0.05) is 277 Å². The van der Waals surface area contributed by atoms with Crippen LogP contribution in [0.15, 0.2) is 385 Å². The standard InChI is InChI=1S/C48H31BrN2S2.C42H31BrN2.2CH4/c49-34-27-39(50(35-13-5-2-6-14-35)37-23-25-43-41-15-7-9-17-45(41)52-47(43)30-37)29-40(28-34)51(36-21-19-33(20-22-36)32-11-3-1-4-12-32)38-24-26-44-42-16-8-10-18-46(42)53-48(44)31-38;43-36-29-41(44(37-21-9-3-10-22-37)39-25-13-19-34(27-39)32-15-5-1-6-16-32)31-42(30-36)45(38-23-11-4-12-24-38)40-26-14-20-35(28-40)33-17-7-2-8-18-33;;/h1-31H;1-31H;2*1H4. The molecular weight excluding hydrogens is 1380 g/mol. The summed E-state index contributed by atoms with van der Waals surface area (Å²) in [7, 11) is 0. The lowest BCUT2D eigenvalue weighted by Crippen LogP contribution is -2.13. The fourth-order valence-electron chi connectivity index (χ4n) is 13.2. The first-order valence-electron chi connectivity index (χ1n) is 32.7. The van der Waals surface area contributed by atoms with E-state index >= 15 is 0 Å². The van der Waals surface area contributed by atoms with Gasteiger partial charge in [0.2, 0.25) is 0 Å². The van der Waals surface area contributed by atoms with Gasteiger partial charge in [0.05, 0.1) is 0 Å². The van der Waals surface area contributed by atoms with E-state index in [0.717, 1.165) is 77.2 Å². The monoisotopic (exact) mass is 1450 g/mol. The highest BCUT2D eigenvalue weighted by Gasteiger charge is 2.23. The van der Waals surface area contributed by atoms with Crippen LogP contribution in [-0.2, 0) is 0 Å². The fourth-order valence-corrected chi connectivity index (χ4v) is 16.4. The third-order valence-electron chi connectivity index (χ3n) is 17.7. The summed E-state index contributed by atoms with van der Waals surface area (Å²) in [5.41, 5.74) is 20.1. The molecule has 0 radical (unpaired) electrons. The molecule has 0 amide bonds. The van der Waals surface area contributed by atoms with Crippen molar-refractivity contribution in [3.8, 4) is 33.4 Å². The van der Waals surface area contributed by atoms with Crippen LogP contribution >= 0.6 is 54.5 Å². The summed E-state index contributed by atoms with van der Waals surface area (Å²) in [6, 6.07) is 134. The molecule has 2 heterocycles. The van der Waals surface area contributed by atoms with Crippen molar-refractivity contribution in [1.29, 1.82) is 0 Å². The Kier molecular flexibility index (Phi) is 19.8. The molecule has 0 unspecified atom stereocenters. The third-order valence-corrected chi connectivity index (χ3v) is 20.9. The first-order valence-corrected chi connectivity index (χ1v) is 35.9. The van der Waals surface area contributed by atoms with E-state index in [-0.39, 0.29) is 14.9 Å². The molecule has 0 aliphatic carbocycles. The van der Waals surface area contributed by atoms with Crippen molar-refractivity contribution >= 4 is 163 Å². The molecular formula is C92H70Br2N4S2. The number of anilines is 12. The maximum Gasteiger partial charge on any atom is 0.0493 e. The fraction of sp³-hybridized carbons (Fsp3) is 0.0217. The number of fused-ring (bicyclic) bond motifs is 6. The third kappa shape index (κ3) is 13.9. The highest BCUT2D eigenvalue weighted by molar-refractivity contribution is 9.10. The van der Waals surface area contributed by atoms with Crippen LogP contribution in [0.25, 0.3) is 73.7 Å². The van der Waals surface area contributed by atoms with Gasteiger partial charge in [0, 0.05) is 118 Å². The van der Waals surface area contributed by atoms with Crippen molar-refractivity contribution in [2.24, 2.45) is 0 Å². The number of thiophene rings is 2. The summed E-state index contributed by atoms with van der Waals surface area (Å²) in [4.78, 5) is 9.39. The molecule has 17 aromatic rings.